The van der Waals surface area contributed by atoms with Crippen molar-refractivity contribution in [3.05, 3.63) is 63.3 Å². The number of hydrogen-bond donors (Lipinski definition) is 2. The van der Waals surface area contributed by atoms with Gasteiger partial charge in [0.25, 0.3) is 5.91 Å². The molecule has 0 atom stereocenters. The number of fused-ring (bicyclic) bond motifs is 1. The van der Waals surface area contributed by atoms with E-state index in [1.165, 1.54) is 16.7 Å². The summed E-state index contributed by atoms with van der Waals surface area (Å²) in [6, 6.07) is 9.61. The topological polar surface area (TPSA) is 71.3 Å². The number of aromatic nitrogens is 1. The molecule has 2 N–H and O–H groups in total. The van der Waals surface area contributed by atoms with Gasteiger partial charge >= 0.3 is 0 Å². The SMILES string of the molecule is Cc1c(CC(=O)NC(C)C)c2cc(O)c(Cl)cc2n1C(=O)c1ccc(Cl)cc1. The molecule has 3 aromatic rings. The molecule has 1 heterocycles. The zero-order valence-electron chi connectivity index (χ0n) is 15.7. The van der Waals surface area contributed by atoms with Crippen LogP contribution < -0.4 is 5.32 Å². The highest BCUT2D eigenvalue weighted by molar-refractivity contribution is 6.33. The van der Waals surface area contributed by atoms with Crippen LogP contribution in [0.3, 0.4) is 0 Å². The van der Waals surface area contributed by atoms with Crippen LogP contribution in [-0.2, 0) is 11.2 Å². The number of carbonyl (C=O) groups is 2. The first-order chi connectivity index (χ1) is 13.2. The highest BCUT2D eigenvalue weighted by Crippen LogP contribution is 2.35. The van der Waals surface area contributed by atoms with Crippen molar-refractivity contribution in [1.29, 1.82) is 0 Å². The Hall–Kier alpha value is -2.50. The molecule has 28 heavy (non-hydrogen) atoms. The summed E-state index contributed by atoms with van der Waals surface area (Å²) in [4.78, 5) is 25.5. The number of aromatic hydroxyl groups is 1. The van der Waals surface area contributed by atoms with Gasteiger partial charge in [-0.2, -0.15) is 0 Å². The summed E-state index contributed by atoms with van der Waals surface area (Å²) >= 11 is 12.0. The first-order valence-electron chi connectivity index (χ1n) is 8.81. The van der Waals surface area contributed by atoms with Gasteiger partial charge in [0.05, 0.1) is 17.0 Å². The second kappa shape index (κ2) is 7.86. The molecule has 1 aromatic heterocycles. The van der Waals surface area contributed by atoms with Crippen molar-refractivity contribution >= 4 is 45.9 Å². The summed E-state index contributed by atoms with van der Waals surface area (Å²) in [6.07, 6.45) is 0.0858. The Bertz CT molecular complexity index is 1070. The molecule has 5 nitrogen and oxygen atoms in total. The Kier molecular flexibility index (Phi) is 5.68. The number of benzene rings is 2. The highest BCUT2D eigenvalue weighted by Gasteiger charge is 2.23. The minimum Gasteiger partial charge on any atom is -0.506 e. The van der Waals surface area contributed by atoms with Gasteiger partial charge in [0.1, 0.15) is 5.75 Å². The molecule has 0 aliphatic carbocycles. The molecule has 0 aliphatic heterocycles. The molecule has 0 radical (unpaired) electrons. The van der Waals surface area contributed by atoms with E-state index >= 15 is 0 Å². The van der Waals surface area contributed by atoms with E-state index in [-0.39, 0.29) is 35.0 Å². The fourth-order valence-corrected chi connectivity index (χ4v) is 3.51. The average Bonchev–Trinajstić information content (AvgIpc) is 2.86. The molecule has 0 saturated heterocycles. The van der Waals surface area contributed by atoms with Crippen LogP contribution in [0.2, 0.25) is 10.0 Å². The van der Waals surface area contributed by atoms with Crippen molar-refractivity contribution in [1.82, 2.24) is 9.88 Å². The predicted molar refractivity (Wildman–Crippen MR) is 112 cm³/mol. The number of rotatable bonds is 4. The molecule has 1 amide bonds. The number of carbonyl (C=O) groups excluding carboxylic acids is 2. The summed E-state index contributed by atoms with van der Waals surface area (Å²) in [5, 5.41) is 14.2. The fraction of sp³-hybridized carbons (Fsp3) is 0.238. The van der Waals surface area contributed by atoms with Crippen molar-refractivity contribution in [3.63, 3.8) is 0 Å². The quantitative estimate of drug-likeness (QED) is 0.643. The molecule has 0 spiro atoms. The van der Waals surface area contributed by atoms with E-state index in [0.29, 0.717) is 32.7 Å². The van der Waals surface area contributed by atoms with Gasteiger partial charge in [-0.15, -0.1) is 0 Å². The van der Waals surface area contributed by atoms with Crippen molar-refractivity contribution in [2.75, 3.05) is 0 Å². The Morgan fingerprint density at radius 2 is 1.79 bits per heavy atom. The molecule has 0 fully saturated rings. The van der Waals surface area contributed by atoms with Gasteiger partial charge in [-0.1, -0.05) is 23.2 Å². The Morgan fingerprint density at radius 1 is 1.14 bits per heavy atom. The molecule has 2 aromatic carbocycles. The Labute approximate surface area is 172 Å². The number of phenols is 1. The average molecular weight is 419 g/mol. The van der Waals surface area contributed by atoms with Crippen LogP contribution in [0.5, 0.6) is 5.75 Å². The van der Waals surface area contributed by atoms with Crippen LogP contribution in [-0.4, -0.2) is 27.5 Å². The van der Waals surface area contributed by atoms with Crippen LogP contribution in [0, 0.1) is 6.92 Å². The van der Waals surface area contributed by atoms with E-state index in [9.17, 15) is 14.7 Å². The van der Waals surface area contributed by atoms with Gasteiger partial charge in [-0.05, 0) is 62.7 Å². The molecule has 0 bridgehead atoms. The lowest BCUT2D eigenvalue weighted by Gasteiger charge is -2.09. The van der Waals surface area contributed by atoms with E-state index in [1.54, 1.807) is 31.2 Å². The molecule has 0 aliphatic rings. The van der Waals surface area contributed by atoms with Crippen LogP contribution in [0.25, 0.3) is 10.9 Å². The lowest BCUT2D eigenvalue weighted by molar-refractivity contribution is -0.120. The number of nitrogens with one attached hydrogen (secondary N) is 1. The van der Waals surface area contributed by atoms with Gasteiger partial charge in [-0.25, -0.2) is 0 Å². The number of amides is 1. The second-order valence-electron chi connectivity index (χ2n) is 6.93. The lowest BCUT2D eigenvalue weighted by atomic mass is 10.1. The minimum absolute atomic E-state index is 0.000276. The van der Waals surface area contributed by atoms with E-state index in [2.05, 4.69) is 5.32 Å². The largest absolute Gasteiger partial charge is 0.506 e. The molecular weight excluding hydrogens is 399 g/mol. The standard InChI is InChI=1S/C21H20Cl2N2O3/c1-11(2)24-20(27)9-15-12(3)25(18-10-17(23)19(26)8-16(15)18)21(28)13-4-6-14(22)7-5-13/h4-8,10-11,26H,9H2,1-3H3,(H,24,27). The predicted octanol–water partition coefficient (Wildman–Crippen LogP) is 4.72. The van der Waals surface area contributed by atoms with Gasteiger partial charge in [-0.3, -0.25) is 14.2 Å². The molecule has 7 heteroatoms. The maximum Gasteiger partial charge on any atom is 0.262 e. The third kappa shape index (κ3) is 3.86. The monoisotopic (exact) mass is 418 g/mol. The van der Waals surface area contributed by atoms with Gasteiger partial charge in [0.2, 0.25) is 5.91 Å². The third-order valence-corrected chi connectivity index (χ3v) is 5.04. The number of phenolic OH excluding ortho intramolecular Hbond substituents is 1. The van der Waals surface area contributed by atoms with Gasteiger partial charge in [0, 0.05) is 27.7 Å². The van der Waals surface area contributed by atoms with Crippen molar-refractivity contribution in [3.8, 4) is 5.75 Å². The highest BCUT2D eigenvalue weighted by atomic mass is 35.5. The smallest absolute Gasteiger partial charge is 0.262 e. The van der Waals surface area contributed by atoms with Crippen LogP contribution in [0.4, 0.5) is 0 Å². The van der Waals surface area contributed by atoms with Crippen LogP contribution in [0.1, 0.15) is 35.5 Å². The maximum atomic E-state index is 13.2. The lowest BCUT2D eigenvalue weighted by Crippen LogP contribution is -2.31. The van der Waals surface area contributed by atoms with Gasteiger partial charge in [0.15, 0.2) is 0 Å². The summed E-state index contributed by atoms with van der Waals surface area (Å²) in [5.74, 6) is -0.530. The second-order valence-corrected chi connectivity index (χ2v) is 7.77. The van der Waals surface area contributed by atoms with Gasteiger partial charge < -0.3 is 10.4 Å². The molecule has 0 saturated carbocycles. The maximum absolute atomic E-state index is 13.2. The first-order valence-corrected chi connectivity index (χ1v) is 9.56. The number of halogens is 2. The molecular formula is C21H20Cl2N2O3. The minimum atomic E-state index is -0.267. The summed E-state index contributed by atoms with van der Waals surface area (Å²) < 4.78 is 1.52. The van der Waals surface area contributed by atoms with Crippen molar-refractivity contribution in [2.24, 2.45) is 0 Å². The third-order valence-electron chi connectivity index (χ3n) is 4.48. The zero-order valence-corrected chi connectivity index (χ0v) is 17.2. The van der Waals surface area contributed by atoms with Crippen molar-refractivity contribution in [2.45, 2.75) is 33.2 Å². The van der Waals surface area contributed by atoms with E-state index in [4.69, 9.17) is 23.2 Å². The molecule has 0 unspecified atom stereocenters. The van der Waals surface area contributed by atoms with E-state index < -0.39 is 0 Å². The van der Waals surface area contributed by atoms with E-state index in [0.717, 1.165) is 0 Å². The number of hydrogen-bond acceptors (Lipinski definition) is 3. The Balaban J connectivity index is 2.18. The Morgan fingerprint density at radius 3 is 2.39 bits per heavy atom. The number of nitrogens with zero attached hydrogens (tertiary/aromatic N) is 1. The zero-order chi connectivity index (χ0) is 20.6. The van der Waals surface area contributed by atoms with Crippen LogP contribution in [0.15, 0.2) is 36.4 Å². The summed E-state index contributed by atoms with van der Waals surface area (Å²) in [5.41, 5.74) is 2.28. The van der Waals surface area contributed by atoms with Crippen molar-refractivity contribution < 1.29 is 14.7 Å². The summed E-state index contributed by atoms with van der Waals surface area (Å²) in [7, 11) is 0. The molecule has 3 rings (SSSR count). The van der Waals surface area contributed by atoms with Crippen LogP contribution >= 0.6 is 23.2 Å². The summed E-state index contributed by atoms with van der Waals surface area (Å²) in [6.45, 7) is 5.53. The first kappa shape index (κ1) is 20.2. The molecule has 146 valence electrons. The fourth-order valence-electron chi connectivity index (χ4n) is 3.23. The van der Waals surface area contributed by atoms with E-state index in [1.807, 2.05) is 13.8 Å². The normalized spacial score (nSPS) is 11.2.